The van der Waals surface area contributed by atoms with Crippen LogP contribution in [0.15, 0.2) is 48.6 Å². The molecule has 0 fully saturated rings. The van der Waals surface area contributed by atoms with Gasteiger partial charge in [0.15, 0.2) is 12.4 Å². The number of esters is 2. The van der Waals surface area contributed by atoms with Crippen molar-refractivity contribution < 1.29 is 42.9 Å². The maximum absolute atomic E-state index is 12.9. The molecule has 68 heavy (non-hydrogen) atoms. The van der Waals surface area contributed by atoms with Gasteiger partial charge in [0.1, 0.15) is 13.2 Å². The first kappa shape index (κ1) is 65.2. The molecule has 0 heterocycles. The van der Waals surface area contributed by atoms with Crippen LogP contribution in [-0.2, 0) is 33.3 Å². The molecule has 2 atom stereocenters. The summed E-state index contributed by atoms with van der Waals surface area (Å²) >= 11 is 0. The predicted molar refractivity (Wildman–Crippen MR) is 283 cm³/mol. The zero-order valence-corrected chi connectivity index (χ0v) is 45.0. The minimum atomic E-state index is -1.62. The Morgan fingerprint density at radius 1 is 0.456 bits per heavy atom. The lowest BCUT2D eigenvalue weighted by atomic mass is 10.0. The minimum Gasteiger partial charge on any atom is -0.545 e. The number of carbonyl (C=O) groups is 3. The average Bonchev–Trinajstić information content (AvgIpc) is 3.30. The SMILES string of the molecule is CC/C=C\C/C=C\C/C=C\C/C=C\CCCCCCCCCCCCC(=O)OC(COC(=O)CCCCCCCCCCCCCCCCCCCCCC)COC(OCC[N+](C)(C)C)C(=O)[O-]. The normalized spacial score (nSPS) is 13.1. The van der Waals surface area contributed by atoms with Crippen LogP contribution in [0.1, 0.15) is 251 Å². The summed E-state index contributed by atoms with van der Waals surface area (Å²) in [5, 5.41) is 11.8. The molecular weight excluding hydrogens is 851 g/mol. The van der Waals surface area contributed by atoms with E-state index in [0.717, 1.165) is 70.6 Å². The van der Waals surface area contributed by atoms with Crippen molar-refractivity contribution in [1.29, 1.82) is 0 Å². The Morgan fingerprint density at radius 2 is 0.838 bits per heavy atom. The van der Waals surface area contributed by atoms with Gasteiger partial charge in [0, 0.05) is 12.8 Å². The molecule has 0 aliphatic rings. The highest BCUT2D eigenvalue weighted by Gasteiger charge is 2.22. The predicted octanol–water partition coefficient (Wildman–Crippen LogP) is 15.0. The average molecular weight is 959 g/mol. The van der Waals surface area contributed by atoms with E-state index in [-0.39, 0.29) is 32.2 Å². The Bertz CT molecular complexity index is 1250. The second-order valence-corrected chi connectivity index (χ2v) is 20.2. The van der Waals surface area contributed by atoms with E-state index in [0.29, 0.717) is 23.9 Å². The van der Waals surface area contributed by atoms with Crippen LogP contribution in [0.5, 0.6) is 0 Å². The van der Waals surface area contributed by atoms with Crippen molar-refractivity contribution in [2.45, 2.75) is 264 Å². The third-order valence-corrected chi connectivity index (χ3v) is 12.3. The van der Waals surface area contributed by atoms with E-state index >= 15 is 0 Å². The van der Waals surface area contributed by atoms with E-state index in [4.69, 9.17) is 18.9 Å². The zero-order valence-electron chi connectivity index (χ0n) is 45.0. The Morgan fingerprint density at radius 3 is 1.25 bits per heavy atom. The van der Waals surface area contributed by atoms with E-state index in [2.05, 4.69) is 62.5 Å². The Kier molecular flexibility index (Phi) is 48.6. The molecule has 0 saturated carbocycles. The summed E-state index contributed by atoms with van der Waals surface area (Å²) in [5.41, 5.74) is 0. The van der Waals surface area contributed by atoms with Crippen LogP contribution in [-0.4, -0.2) is 82.3 Å². The number of carbonyl (C=O) groups excluding carboxylic acids is 3. The summed E-state index contributed by atoms with van der Waals surface area (Å²) in [7, 11) is 5.92. The summed E-state index contributed by atoms with van der Waals surface area (Å²) in [6.07, 6.45) is 58.6. The van der Waals surface area contributed by atoms with Gasteiger partial charge in [0.05, 0.1) is 40.3 Å². The molecule has 0 bridgehead atoms. The van der Waals surface area contributed by atoms with E-state index in [1.165, 1.54) is 148 Å². The van der Waals surface area contributed by atoms with Crippen molar-refractivity contribution in [2.24, 2.45) is 0 Å². The first-order valence-corrected chi connectivity index (χ1v) is 28.3. The number of aliphatic carboxylic acids is 1. The monoisotopic (exact) mass is 958 g/mol. The molecule has 0 amide bonds. The molecule has 0 aromatic carbocycles. The maximum atomic E-state index is 12.9. The maximum Gasteiger partial charge on any atom is 0.306 e. The van der Waals surface area contributed by atoms with Crippen molar-refractivity contribution in [1.82, 2.24) is 0 Å². The third kappa shape index (κ3) is 51.1. The fourth-order valence-electron chi connectivity index (χ4n) is 8.00. The van der Waals surface area contributed by atoms with Crippen molar-refractivity contribution in [3.63, 3.8) is 0 Å². The highest BCUT2D eigenvalue weighted by Crippen LogP contribution is 2.17. The van der Waals surface area contributed by atoms with Gasteiger partial charge in [-0.2, -0.15) is 0 Å². The van der Waals surface area contributed by atoms with Gasteiger partial charge in [-0.1, -0.05) is 236 Å². The van der Waals surface area contributed by atoms with Crippen LogP contribution in [0.25, 0.3) is 0 Å². The van der Waals surface area contributed by atoms with Gasteiger partial charge in [0.2, 0.25) is 0 Å². The van der Waals surface area contributed by atoms with Gasteiger partial charge in [0.25, 0.3) is 0 Å². The Balaban J connectivity index is 4.26. The van der Waals surface area contributed by atoms with E-state index in [9.17, 15) is 19.5 Å². The number of carboxylic acid groups (broad SMARTS) is 1. The number of allylic oxidation sites excluding steroid dienone is 8. The van der Waals surface area contributed by atoms with Gasteiger partial charge >= 0.3 is 11.9 Å². The zero-order chi connectivity index (χ0) is 49.9. The quantitative estimate of drug-likeness (QED) is 0.0195. The lowest BCUT2D eigenvalue weighted by molar-refractivity contribution is -0.870. The summed E-state index contributed by atoms with van der Waals surface area (Å²) in [6.45, 7) is 4.66. The summed E-state index contributed by atoms with van der Waals surface area (Å²) in [5.74, 6) is -2.28. The smallest absolute Gasteiger partial charge is 0.306 e. The van der Waals surface area contributed by atoms with E-state index < -0.39 is 24.3 Å². The number of unbranched alkanes of at least 4 members (excludes halogenated alkanes) is 29. The van der Waals surface area contributed by atoms with Crippen molar-refractivity contribution in [3.05, 3.63) is 48.6 Å². The lowest BCUT2D eigenvalue weighted by Gasteiger charge is -2.26. The summed E-state index contributed by atoms with van der Waals surface area (Å²) in [4.78, 5) is 37.3. The van der Waals surface area contributed by atoms with E-state index in [1.807, 2.05) is 21.1 Å². The van der Waals surface area contributed by atoms with Crippen LogP contribution in [0.3, 0.4) is 0 Å². The molecule has 0 rings (SSSR count). The molecule has 0 radical (unpaired) electrons. The standard InChI is InChI=1S/C59H107NO8/c1-6-8-10-12-14-16-18-20-22-24-26-28-29-30-32-34-36-38-40-42-44-46-48-50-57(62)68-55(54-67-59(58(63)64)65-52-51-60(3,4)5)53-66-56(61)49-47-45-43-41-39-37-35-33-31-27-25-23-21-19-17-15-13-11-9-7-2/h8,10,14,16,20,22,26,28,55,59H,6-7,9,11-13,15,17-19,21,23-25,27,29-54H2,1-5H3/b10-8-,16-14-,22-20-,28-26-. The van der Waals surface area contributed by atoms with Crippen LogP contribution in [0, 0.1) is 0 Å². The van der Waals surface area contributed by atoms with Crippen molar-refractivity contribution in [3.8, 4) is 0 Å². The van der Waals surface area contributed by atoms with Crippen molar-refractivity contribution >= 4 is 17.9 Å². The molecule has 9 heteroatoms. The Hall–Kier alpha value is -2.75. The molecule has 0 saturated heterocycles. The van der Waals surface area contributed by atoms with Gasteiger partial charge in [-0.15, -0.1) is 0 Å². The molecule has 0 N–H and O–H groups in total. The first-order chi connectivity index (χ1) is 33.1. The number of hydrogen-bond donors (Lipinski definition) is 0. The Labute approximate surface area is 419 Å². The van der Waals surface area contributed by atoms with E-state index in [1.54, 1.807) is 0 Å². The largest absolute Gasteiger partial charge is 0.545 e. The van der Waals surface area contributed by atoms with Gasteiger partial charge in [-0.3, -0.25) is 9.59 Å². The first-order valence-electron chi connectivity index (χ1n) is 28.3. The molecule has 0 aliphatic carbocycles. The van der Waals surface area contributed by atoms with Crippen LogP contribution in [0.2, 0.25) is 0 Å². The summed E-state index contributed by atoms with van der Waals surface area (Å²) in [6, 6.07) is 0. The van der Waals surface area contributed by atoms with Gasteiger partial charge in [-0.05, 0) is 51.4 Å². The third-order valence-electron chi connectivity index (χ3n) is 12.3. The molecule has 9 nitrogen and oxygen atoms in total. The van der Waals surface area contributed by atoms with Gasteiger partial charge in [-0.25, -0.2) is 0 Å². The molecule has 0 aliphatic heterocycles. The number of quaternary nitrogens is 1. The van der Waals surface area contributed by atoms with Gasteiger partial charge < -0.3 is 33.3 Å². The fourth-order valence-corrected chi connectivity index (χ4v) is 8.00. The molecule has 0 aromatic rings. The number of ether oxygens (including phenoxy) is 4. The topological polar surface area (TPSA) is 111 Å². The number of likely N-dealkylation sites (N-methyl/N-ethyl adjacent to an activating group) is 1. The second-order valence-electron chi connectivity index (χ2n) is 20.2. The van der Waals surface area contributed by atoms with Crippen LogP contribution < -0.4 is 5.11 Å². The number of nitrogens with zero attached hydrogens (tertiary/aromatic N) is 1. The second kappa shape index (κ2) is 50.6. The van der Waals surface area contributed by atoms with Crippen LogP contribution >= 0.6 is 0 Å². The minimum absolute atomic E-state index is 0.147. The lowest BCUT2D eigenvalue weighted by Crippen LogP contribution is -2.44. The van der Waals surface area contributed by atoms with Crippen molar-refractivity contribution in [2.75, 3.05) is 47.5 Å². The molecular formula is C59H107NO8. The number of hydrogen-bond acceptors (Lipinski definition) is 8. The number of carboxylic acids is 1. The highest BCUT2D eigenvalue weighted by atomic mass is 16.7. The van der Waals surface area contributed by atoms with Crippen LogP contribution in [0.4, 0.5) is 0 Å². The molecule has 0 aromatic heterocycles. The molecule has 396 valence electrons. The fraction of sp³-hybridized carbons (Fsp3) is 0.814. The highest BCUT2D eigenvalue weighted by molar-refractivity contribution is 5.70. The molecule has 2 unspecified atom stereocenters. The number of rotatable bonds is 52. The summed E-state index contributed by atoms with van der Waals surface area (Å²) < 4.78 is 22.7. The molecule has 0 spiro atoms.